The number of likely N-dealkylation sites (tertiary alicyclic amines) is 1. The Hall–Kier alpha value is -1.73. The summed E-state index contributed by atoms with van der Waals surface area (Å²) in [7, 11) is 1.44. The maximum atomic E-state index is 12.7. The Labute approximate surface area is 156 Å². The zero-order chi connectivity index (χ0) is 18.3. The van der Waals surface area contributed by atoms with Crippen molar-refractivity contribution in [1.29, 1.82) is 0 Å². The van der Waals surface area contributed by atoms with Gasteiger partial charge in [-0.1, -0.05) is 6.92 Å². The summed E-state index contributed by atoms with van der Waals surface area (Å²) in [6.07, 6.45) is 4.79. The molecule has 1 aliphatic carbocycles. The topological polar surface area (TPSA) is 75.3 Å². The van der Waals surface area contributed by atoms with Gasteiger partial charge in [0.1, 0.15) is 10.7 Å². The number of carbonyl (C=O) groups is 1. The molecule has 3 heterocycles. The van der Waals surface area contributed by atoms with Crippen molar-refractivity contribution in [3.05, 3.63) is 26.6 Å². The van der Waals surface area contributed by atoms with Gasteiger partial charge in [-0.3, -0.25) is 14.5 Å². The van der Waals surface area contributed by atoms with Gasteiger partial charge in [0.25, 0.3) is 5.56 Å². The van der Waals surface area contributed by atoms with E-state index in [1.54, 1.807) is 11.3 Å². The van der Waals surface area contributed by atoms with Gasteiger partial charge in [0, 0.05) is 4.88 Å². The molecule has 140 valence electrons. The number of aryl methyl sites for hydroxylation is 1. The molecule has 2 aromatic heterocycles. The van der Waals surface area contributed by atoms with Gasteiger partial charge in [0.2, 0.25) is 0 Å². The zero-order valence-corrected chi connectivity index (χ0v) is 16.2. The number of thiophene rings is 1. The van der Waals surface area contributed by atoms with Crippen LogP contribution in [-0.4, -0.2) is 41.0 Å². The quantitative estimate of drug-likeness (QED) is 0.834. The summed E-state index contributed by atoms with van der Waals surface area (Å²) in [5.74, 6) is 1.30. The van der Waals surface area contributed by atoms with E-state index in [9.17, 15) is 9.59 Å². The predicted molar refractivity (Wildman–Crippen MR) is 101 cm³/mol. The largest absolute Gasteiger partial charge is 0.469 e. The minimum Gasteiger partial charge on any atom is -0.469 e. The average molecular weight is 375 g/mol. The van der Waals surface area contributed by atoms with Crippen LogP contribution in [0.3, 0.4) is 0 Å². The second kappa shape index (κ2) is 7.12. The molecule has 2 aliphatic rings. The molecule has 1 fully saturated rings. The highest BCUT2D eigenvalue weighted by Crippen LogP contribution is 2.35. The molecule has 7 heteroatoms. The molecule has 1 aliphatic heterocycles. The van der Waals surface area contributed by atoms with E-state index in [1.807, 2.05) is 0 Å². The lowest BCUT2D eigenvalue weighted by atomic mass is 9.89. The number of hydrogen-bond acceptors (Lipinski definition) is 6. The first-order chi connectivity index (χ1) is 12.5. The molecule has 1 saturated heterocycles. The number of fused-ring (bicyclic) bond motifs is 3. The monoisotopic (exact) mass is 375 g/mol. The third-order valence-corrected chi connectivity index (χ3v) is 6.86. The maximum Gasteiger partial charge on any atom is 0.308 e. The minimum absolute atomic E-state index is 0.00139. The van der Waals surface area contributed by atoms with Crippen LogP contribution in [0.25, 0.3) is 10.2 Å². The molecule has 0 bridgehead atoms. The number of piperidine rings is 1. The van der Waals surface area contributed by atoms with E-state index in [0.717, 1.165) is 61.2 Å². The van der Waals surface area contributed by atoms with Crippen LogP contribution in [0.1, 0.15) is 42.5 Å². The van der Waals surface area contributed by atoms with Crippen LogP contribution in [0.4, 0.5) is 0 Å². The Kier molecular flexibility index (Phi) is 4.84. The molecule has 0 spiro atoms. The van der Waals surface area contributed by atoms with Crippen molar-refractivity contribution >= 4 is 27.5 Å². The van der Waals surface area contributed by atoms with Crippen molar-refractivity contribution in [1.82, 2.24) is 14.9 Å². The lowest BCUT2D eigenvalue weighted by molar-refractivity contribution is -0.147. The summed E-state index contributed by atoms with van der Waals surface area (Å²) < 4.78 is 4.84. The SMILES string of the molecule is COC(=O)C1CCN(Cc2nc3sc4c(c3c(=O)[nH]2)CC[C@@H](C)C4)CC1. The number of methoxy groups -OCH3 is 1. The molecule has 0 amide bonds. The van der Waals surface area contributed by atoms with Crippen LogP contribution in [0.15, 0.2) is 4.79 Å². The molecular weight excluding hydrogens is 350 g/mol. The van der Waals surface area contributed by atoms with E-state index < -0.39 is 0 Å². The number of hydrogen-bond donors (Lipinski definition) is 1. The molecule has 6 nitrogen and oxygen atoms in total. The first-order valence-electron chi connectivity index (χ1n) is 9.38. The Morgan fingerprint density at radius 2 is 2.12 bits per heavy atom. The van der Waals surface area contributed by atoms with Crippen molar-refractivity contribution < 1.29 is 9.53 Å². The van der Waals surface area contributed by atoms with Crippen LogP contribution < -0.4 is 5.56 Å². The molecule has 0 radical (unpaired) electrons. The van der Waals surface area contributed by atoms with Crippen molar-refractivity contribution in [3.63, 3.8) is 0 Å². The highest BCUT2D eigenvalue weighted by Gasteiger charge is 2.27. The van der Waals surface area contributed by atoms with E-state index in [-0.39, 0.29) is 17.4 Å². The first-order valence-corrected chi connectivity index (χ1v) is 10.2. The number of rotatable bonds is 3. The maximum absolute atomic E-state index is 12.7. The van der Waals surface area contributed by atoms with Crippen LogP contribution in [0.2, 0.25) is 0 Å². The second-order valence-electron chi connectivity index (χ2n) is 7.62. The number of esters is 1. The normalized spacial score (nSPS) is 21.7. The van der Waals surface area contributed by atoms with Crippen molar-refractivity contribution in [2.45, 2.75) is 45.6 Å². The van der Waals surface area contributed by atoms with E-state index in [1.165, 1.54) is 17.6 Å². The lowest BCUT2D eigenvalue weighted by Crippen LogP contribution is -2.37. The Balaban J connectivity index is 1.52. The molecular formula is C19H25N3O3S. The van der Waals surface area contributed by atoms with Gasteiger partial charge in [-0.15, -0.1) is 11.3 Å². The van der Waals surface area contributed by atoms with E-state index in [4.69, 9.17) is 9.72 Å². The molecule has 26 heavy (non-hydrogen) atoms. The van der Waals surface area contributed by atoms with Crippen molar-refractivity contribution in [2.24, 2.45) is 11.8 Å². The molecule has 2 aromatic rings. The summed E-state index contributed by atoms with van der Waals surface area (Å²) in [4.78, 5) is 36.5. The minimum atomic E-state index is -0.115. The van der Waals surface area contributed by atoms with Crippen molar-refractivity contribution in [2.75, 3.05) is 20.2 Å². The van der Waals surface area contributed by atoms with Crippen LogP contribution in [0.5, 0.6) is 0 Å². The Morgan fingerprint density at radius 3 is 2.85 bits per heavy atom. The fraction of sp³-hybridized carbons (Fsp3) is 0.632. The fourth-order valence-electron chi connectivity index (χ4n) is 4.17. The van der Waals surface area contributed by atoms with Gasteiger partial charge in [-0.2, -0.15) is 0 Å². The van der Waals surface area contributed by atoms with Gasteiger partial charge < -0.3 is 9.72 Å². The second-order valence-corrected chi connectivity index (χ2v) is 8.70. The van der Waals surface area contributed by atoms with E-state index in [0.29, 0.717) is 12.5 Å². The van der Waals surface area contributed by atoms with Crippen LogP contribution >= 0.6 is 11.3 Å². The fourth-order valence-corrected chi connectivity index (χ4v) is 5.58. The molecule has 0 aromatic carbocycles. The van der Waals surface area contributed by atoms with Gasteiger partial charge >= 0.3 is 5.97 Å². The number of aromatic amines is 1. The third-order valence-electron chi connectivity index (χ3n) is 5.71. The highest BCUT2D eigenvalue weighted by atomic mass is 32.1. The Morgan fingerprint density at radius 1 is 1.35 bits per heavy atom. The number of aromatic nitrogens is 2. The Bertz CT molecular complexity index is 880. The first kappa shape index (κ1) is 17.7. The molecule has 0 saturated carbocycles. The standard InChI is InChI=1S/C19H25N3O3S/c1-11-3-4-13-14(9-11)26-18-16(13)17(23)20-15(21-18)10-22-7-5-12(6-8-22)19(24)25-2/h11-12H,3-10H2,1-2H3,(H,20,21,23)/t11-/m1/s1. The zero-order valence-electron chi connectivity index (χ0n) is 15.3. The number of nitrogens with one attached hydrogen (secondary N) is 1. The highest BCUT2D eigenvalue weighted by molar-refractivity contribution is 7.18. The number of ether oxygens (including phenoxy) is 1. The molecule has 1 N–H and O–H groups in total. The third kappa shape index (κ3) is 3.30. The van der Waals surface area contributed by atoms with Crippen molar-refractivity contribution in [3.8, 4) is 0 Å². The summed E-state index contributed by atoms with van der Waals surface area (Å²) >= 11 is 1.69. The predicted octanol–water partition coefficient (Wildman–Crippen LogP) is 2.49. The summed E-state index contributed by atoms with van der Waals surface area (Å²) in [6, 6.07) is 0. The average Bonchev–Trinajstić information content (AvgIpc) is 2.99. The molecule has 0 unspecified atom stereocenters. The van der Waals surface area contributed by atoms with E-state index >= 15 is 0 Å². The molecule has 4 rings (SSSR count). The lowest BCUT2D eigenvalue weighted by Gasteiger charge is -2.30. The van der Waals surface area contributed by atoms with Gasteiger partial charge in [-0.25, -0.2) is 4.98 Å². The number of H-pyrrole nitrogens is 1. The summed E-state index contributed by atoms with van der Waals surface area (Å²) in [5, 5.41) is 0.810. The van der Waals surface area contributed by atoms with Gasteiger partial charge in [0.05, 0.1) is 25.0 Å². The van der Waals surface area contributed by atoms with E-state index in [2.05, 4.69) is 16.8 Å². The summed E-state index contributed by atoms with van der Waals surface area (Å²) in [5.41, 5.74) is 1.23. The van der Waals surface area contributed by atoms with Crippen LogP contribution in [-0.2, 0) is 28.9 Å². The van der Waals surface area contributed by atoms with Gasteiger partial charge in [-0.05, 0) is 56.7 Å². The number of carbonyl (C=O) groups excluding carboxylic acids is 1. The molecule has 1 atom stereocenters. The summed E-state index contributed by atoms with van der Waals surface area (Å²) in [6.45, 7) is 4.53. The number of nitrogens with zero attached hydrogens (tertiary/aromatic N) is 2. The smallest absolute Gasteiger partial charge is 0.308 e. The van der Waals surface area contributed by atoms with Crippen LogP contribution in [0, 0.1) is 11.8 Å². The van der Waals surface area contributed by atoms with Gasteiger partial charge in [0.15, 0.2) is 0 Å².